The molecule has 0 saturated carbocycles. The second-order valence-electron chi connectivity index (χ2n) is 4.60. The molecule has 3 nitrogen and oxygen atoms in total. The van der Waals surface area contributed by atoms with Crippen LogP contribution in [0.15, 0.2) is 42.5 Å². The Balaban J connectivity index is 1.99. The van der Waals surface area contributed by atoms with Crippen LogP contribution < -0.4 is 4.74 Å². The van der Waals surface area contributed by atoms with Gasteiger partial charge in [0.25, 0.3) is 0 Å². The number of aromatic nitrogens is 2. The zero-order chi connectivity index (χ0) is 13.4. The predicted octanol–water partition coefficient (Wildman–Crippen LogP) is 3.73. The van der Waals surface area contributed by atoms with Crippen LogP contribution >= 0.6 is 0 Å². The van der Waals surface area contributed by atoms with Crippen molar-refractivity contribution in [2.24, 2.45) is 7.05 Å². The summed E-state index contributed by atoms with van der Waals surface area (Å²) in [5.41, 5.74) is 3.00. The van der Waals surface area contributed by atoms with Gasteiger partial charge in [0.15, 0.2) is 0 Å². The quantitative estimate of drug-likeness (QED) is 0.693. The maximum absolute atomic E-state index is 5.85. The van der Waals surface area contributed by atoms with Gasteiger partial charge in [0.2, 0.25) is 0 Å². The molecule has 0 spiro atoms. The Kier molecular flexibility index (Phi) is 2.75. The standard InChI is InChI=1S/C16H14N2O/c1-11-5-4-6-13(9-11)19-14-7-8-15-16(10-14)18(3)12(2)17-15/h2,4-10H,1,3H3. The van der Waals surface area contributed by atoms with E-state index in [1.54, 1.807) is 0 Å². The number of hydrogen-bond donors (Lipinski definition) is 0. The minimum absolute atomic E-state index is 0.503. The van der Waals surface area contributed by atoms with Crippen LogP contribution in [0.3, 0.4) is 0 Å². The third-order valence-corrected chi connectivity index (χ3v) is 3.11. The molecule has 0 aliphatic carbocycles. The minimum atomic E-state index is 0.503. The Morgan fingerprint density at radius 2 is 1.89 bits per heavy atom. The molecule has 0 N–H and O–H groups in total. The van der Waals surface area contributed by atoms with E-state index in [1.165, 1.54) is 5.56 Å². The van der Waals surface area contributed by atoms with E-state index in [-0.39, 0.29) is 0 Å². The molecular weight excluding hydrogens is 236 g/mol. The van der Waals surface area contributed by atoms with Gasteiger partial charge in [-0.2, -0.15) is 0 Å². The van der Waals surface area contributed by atoms with Crippen LogP contribution in [0.25, 0.3) is 11.0 Å². The van der Waals surface area contributed by atoms with Crippen LogP contribution in [0.5, 0.6) is 11.5 Å². The molecule has 3 heteroatoms. The number of hydrogen-bond acceptors (Lipinski definition) is 2. The van der Waals surface area contributed by atoms with Gasteiger partial charge in [-0.1, -0.05) is 12.1 Å². The van der Waals surface area contributed by atoms with Crippen LogP contribution in [-0.4, -0.2) is 9.55 Å². The van der Waals surface area contributed by atoms with Gasteiger partial charge in [-0.25, -0.2) is 4.98 Å². The van der Waals surface area contributed by atoms with E-state index < -0.39 is 0 Å². The normalized spacial score (nSPS) is 10.9. The largest absolute Gasteiger partial charge is 0.457 e. The predicted molar refractivity (Wildman–Crippen MR) is 75.4 cm³/mol. The van der Waals surface area contributed by atoms with E-state index >= 15 is 0 Å². The summed E-state index contributed by atoms with van der Waals surface area (Å²) in [6, 6.07) is 13.7. The van der Waals surface area contributed by atoms with Gasteiger partial charge in [0.05, 0.1) is 11.0 Å². The zero-order valence-corrected chi connectivity index (χ0v) is 10.9. The fourth-order valence-electron chi connectivity index (χ4n) is 2.07. The van der Waals surface area contributed by atoms with Crippen LogP contribution in [-0.2, 0) is 7.05 Å². The van der Waals surface area contributed by atoms with Crippen molar-refractivity contribution in [2.45, 2.75) is 6.92 Å². The van der Waals surface area contributed by atoms with Crippen LogP contribution in [0.4, 0.5) is 0 Å². The lowest BCUT2D eigenvalue weighted by molar-refractivity contribution is 0.483. The van der Waals surface area contributed by atoms with Crippen molar-refractivity contribution in [3.05, 3.63) is 60.8 Å². The fourth-order valence-corrected chi connectivity index (χ4v) is 2.07. The molecule has 0 aliphatic heterocycles. The average Bonchev–Trinajstić information content (AvgIpc) is 2.66. The number of imidazole rings is 1. The lowest BCUT2D eigenvalue weighted by Crippen LogP contribution is -1.91. The smallest absolute Gasteiger partial charge is 0.129 e. The number of ether oxygens (including phenoxy) is 1. The third-order valence-electron chi connectivity index (χ3n) is 3.11. The minimum Gasteiger partial charge on any atom is -0.457 e. The van der Waals surface area contributed by atoms with Crippen molar-refractivity contribution in [1.82, 2.24) is 9.55 Å². The molecule has 1 aromatic heterocycles. The summed E-state index contributed by atoms with van der Waals surface area (Å²) in [6.07, 6.45) is 0. The van der Waals surface area contributed by atoms with Crippen LogP contribution in [0.1, 0.15) is 11.4 Å². The summed E-state index contributed by atoms with van der Waals surface area (Å²) < 4.78 is 7.70. The molecule has 94 valence electrons. The Labute approximate surface area is 112 Å². The summed E-state index contributed by atoms with van der Waals surface area (Å²) in [5, 5.41) is 0. The van der Waals surface area contributed by atoms with Gasteiger partial charge in [0, 0.05) is 20.0 Å². The number of nitrogens with zero attached hydrogens (tertiary/aromatic N) is 2. The van der Waals surface area contributed by atoms with E-state index in [9.17, 15) is 0 Å². The molecule has 2 radical (unpaired) electrons. The van der Waals surface area contributed by atoms with Gasteiger partial charge in [-0.15, -0.1) is 0 Å². The van der Waals surface area contributed by atoms with E-state index in [2.05, 4.69) is 4.98 Å². The highest BCUT2D eigenvalue weighted by Gasteiger charge is 2.06. The first-order valence-corrected chi connectivity index (χ1v) is 6.10. The number of aryl methyl sites for hydroxylation is 2. The summed E-state index contributed by atoms with van der Waals surface area (Å²) in [5.74, 6) is 2.11. The van der Waals surface area contributed by atoms with Crippen molar-refractivity contribution < 1.29 is 4.74 Å². The molecule has 0 fully saturated rings. The number of rotatable bonds is 2. The molecule has 0 unspecified atom stereocenters. The number of fused-ring (bicyclic) bond motifs is 1. The second kappa shape index (κ2) is 4.43. The van der Waals surface area contributed by atoms with Crippen LogP contribution in [0.2, 0.25) is 0 Å². The monoisotopic (exact) mass is 250 g/mol. The zero-order valence-electron chi connectivity index (χ0n) is 10.9. The average molecular weight is 250 g/mol. The van der Waals surface area contributed by atoms with E-state index in [0.29, 0.717) is 5.82 Å². The summed E-state index contributed by atoms with van der Waals surface area (Å²) in [6.45, 7) is 7.83. The lowest BCUT2D eigenvalue weighted by Gasteiger charge is -2.06. The molecular formula is C16H14N2O. The molecule has 3 rings (SSSR count). The molecule has 0 aliphatic rings. The molecule has 0 saturated heterocycles. The first-order chi connectivity index (χ1) is 9.13. The lowest BCUT2D eigenvalue weighted by atomic mass is 10.2. The Morgan fingerprint density at radius 1 is 1.11 bits per heavy atom. The molecule has 3 aromatic rings. The maximum atomic E-state index is 5.85. The summed E-state index contributed by atoms with van der Waals surface area (Å²) >= 11 is 0. The summed E-state index contributed by atoms with van der Waals surface area (Å²) in [4.78, 5) is 4.26. The van der Waals surface area contributed by atoms with Gasteiger partial charge in [-0.3, -0.25) is 0 Å². The van der Waals surface area contributed by atoms with E-state index in [1.807, 2.05) is 61.0 Å². The second-order valence-corrected chi connectivity index (χ2v) is 4.60. The third kappa shape index (κ3) is 2.19. The van der Waals surface area contributed by atoms with E-state index in [0.717, 1.165) is 22.5 Å². The first kappa shape index (κ1) is 11.8. The van der Waals surface area contributed by atoms with Crippen LogP contribution in [0, 0.1) is 13.8 Å². The molecule has 19 heavy (non-hydrogen) atoms. The SMILES string of the molecule is [CH]c1nc2ccc(Oc3cccc(C)c3)cc2n1C. The highest BCUT2D eigenvalue weighted by molar-refractivity contribution is 5.78. The Bertz CT molecular complexity index is 744. The van der Waals surface area contributed by atoms with Crippen molar-refractivity contribution in [3.63, 3.8) is 0 Å². The number of benzene rings is 2. The van der Waals surface area contributed by atoms with Crippen molar-refractivity contribution in [1.29, 1.82) is 0 Å². The van der Waals surface area contributed by atoms with Gasteiger partial charge in [-0.05, 0) is 36.8 Å². The highest BCUT2D eigenvalue weighted by atomic mass is 16.5. The molecule has 0 atom stereocenters. The van der Waals surface area contributed by atoms with E-state index in [4.69, 9.17) is 11.7 Å². The Morgan fingerprint density at radius 3 is 2.68 bits per heavy atom. The fraction of sp³-hybridized carbons (Fsp3) is 0.125. The molecule has 1 heterocycles. The molecule has 0 bridgehead atoms. The van der Waals surface area contributed by atoms with Crippen molar-refractivity contribution in [2.75, 3.05) is 0 Å². The van der Waals surface area contributed by atoms with Gasteiger partial charge in [0.1, 0.15) is 17.3 Å². The topological polar surface area (TPSA) is 27.1 Å². The van der Waals surface area contributed by atoms with Crippen molar-refractivity contribution in [3.8, 4) is 11.5 Å². The van der Waals surface area contributed by atoms with Gasteiger partial charge >= 0.3 is 0 Å². The molecule has 2 aromatic carbocycles. The maximum Gasteiger partial charge on any atom is 0.129 e. The highest BCUT2D eigenvalue weighted by Crippen LogP contribution is 2.26. The Hall–Kier alpha value is -2.29. The summed E-state index contributed by atoms with van der Waals surface area (Å²) in [7, 11) is 1.89. The first-order valence-electron chi connectivity index (χ1n) is 6.10. The molecule has 0 amide bonds. The van der Waals surface area contributed by atoms with Gasteiger partial charge < -0.3 is 9.30 Å². The van der Waals surface area contributed by atoms with Crippen molar-refractivity contribution >= 4 is 11.0 Å².